The van der Waals surface area contributed by atoms with Crippen LogP contribution in [0.5, 0.6) is 0 Å². The van der Waals surface area contributed by atoms with Gasteiger partial charge in [0, 0.05) is 27.9 Å². The lowest BCUT2D eigenvalue weighted by Crippen LogP contribution is -2.49. The first-order valence-electron chi connectivity index (χ1n) is 25.4. The van der Waals surface area contributed by atoms with E-state index in [4.69, 9.17) is 0 Å². The monoisotopic (exact) mass is 845 g/mol. The summed E-state index contributed by atoms with van der Waals surface area (Å²) in [5.74, 6) is 5.96. The lowest BCUT2D eigenvalue weighted by atomic mass is 9.49. The lowest BCUT2D eigenvalue weighted by Gasteiger charge is -2.54. The standard InChI is InChI=1S/C64H63N/c1-40-30-44-34-42(3)63(50(32-40)36-44)60-17-11-9-15-56(60)58-39-54(27-29-61(58)63)65(52-23-18-47(19-24-52)46-12-6-5-7-13-46)53-25-20-48(21-26-53)49-22-28-57-55-14-8-10-16-59(55)64(62(57)38-49)43(4)35-45-31-41(2)33-51(64)37-45/h5-29,38-45,50-51H,30-37H2,1-4H3. The van der Waals surface area contributed by atoms with Crippen LogP contribution in [0.2, 0.25) is 0 Å². The van der Waals surface area contributed by atoms with Gasteiger partial charge in [-0.15, -0.1) is 0 Å². The molecule has 4 bridgehead atoms. The van der Waals surface area contributed by atoms with Crippen LogP contribution in [0.3, 0.4) is 0 Å². The highest BCUT2D eigenvalue weighted by Gasteiger charge is 2.58. The lowest BCUT2D eigenvalue weighted by molar-refractivity contribution is 0.0425. The number of rotatable bonds is 5. The molecule has 0 heterocycles. The van der Waals surface area contributed by atoms with E-state index < -0.39 is 0 Å². The van der Waals surface area contributed by atoms with E-state index in [0.29, 0.717) is 23.7 Å². The maximum atomic E-state index is 2.62. The minimum atomic E-state index is 0.0849. The smallest absolute Gasteiger partial charge is 0.0468 e. The van der Waals surface area contributed by atoms with Crippen molar-refractivity contribution >= 4 is 17.1 Å². The summed E-state index contributed by atoms with van der Waals surface area (Å²) < 4.78 is 0. The predicted molar refractivity (Wildman–Crippen MR) is 272 cm³/mol. The molecule has 1 nitrogen and oxygen atoms in total. The molecule has 7 aromatic rings. The topological polar surface area (TPSA) is 3.24 Å². The first kappa shape index (κ1) is 39.7. The largest absolute Gasteiger partial charge is 0.310 e. The van der Waals surface area contributed by atoms with Gasteiger partial charge in [-0.25, -0.2) is 0 Å². The molecule has 6 aliphatic carbocycles. The van der Waals surface area contributed by atoms with Crippen LogP contribution in [0.1, 0.15) is 101 Å². The summed E-state index contributed by atoms with van der Waals surface area (Å²) in [5.41, 5.74) is 21.0. The summed E-state index contributed by atoms with van der Waals surface area (Å²) in [6.45, 7) is 10.2. The highest BCUT2D eigenvalue weighted by molar-refractivity contribution is 5.89. The minimum absolute atomic E-state index is 0.0849. The third kappa shape index (κ3) is 5.82. The van der Waals surface area contributed by atoms with Crippen molar-refractivity contribution in [2.45, 2.75) is 89.9 Å². The van der Waals surface area contributed by atoms with Crippen molar-refractivity contribution < 1.29 is 0 Å². The van der Waals surface area contributed by atoms with Gasteiger partial charge >= 0.3 is 0 Å². The van der Waals surface area contributed by atoms with E-state index in [9.17, 15) is 0 Å². The zero-order chi connectivity index (χ0) is 43.6. The Balaban J connectivity index is 0.918. The molecule has 0 aromatic heterocycles. The molecule has 7 aromatic carbocycles. The first-order valence-corrected chi connectivity index (χ1v) is 25.4. The Morgan fingerprint density at radius 3 is 1.38 bits per heavy atom. The average molecular weight is 846 g/mol. The molecule has 6 aliphatic rings. The van der Waals surface area contributed by atoms with Crippen molar-refractivity contribution in [1.82, 2.24) is 0 Å². The highest BCUT2D eigenvalue weighted by atomic mass is 15.1. The Hall–Kier alpha value is -5.66. The fourth-order valence-electron chi connectivity index (χ4n) is 16.4. The van der Waals surface area contributed by atoms with Gasteiger partial charge in [0.05, 0.1) is 0 Å². The second-order valence-corrected chi connectivity index (χ2v) is 22.1. The van der Waals surface area contributed by atoms with Gasteiger partial charge in [0.2, 0.25) is 0 Å². The van der Waals surface area contributed by atoms with Crippen LogP contribution in [0.15, 0.2) is 164 Å². The number of hydrogen-bond acceptors (Lipinski definition) is 1. The fraction of sp³-hybridized carbons (Fsp3) is 0.344. The van der Waals surface area contributed by atoms with Crippen LogP contribution in [0.25, 0.3) is 44.5 Å². The van der Waals surface area contributed by atoms with Crippen LogP contribution in [-0.2, 0) is 10.8 Å². The maximum absolute atomic E-state index is 2.62. The number of hydrogen-bond donors (Lipinski definition) is 0. The molecule has 4 saturated carbocycles. The van der Waals surface area contributed by atoms with E-state index in [1.54, 1.807) is 22.3 Å². The van der Waals surface area contributed by atoms with E-state index in [-0.39, 0.29) is 10.8 Å². The van der Waals surface area contributed by atoms with E-state index in [1.807, 2.05) is 0 Å². The van der Waals surface area contributed by atoms with Crippen molar-refractivity contribution in [1.29, 1.82) is 0 Å². The summed E-state index contributed by atoms with van der Waals surface area (Å²) in [5, 5.41) is 0. The van der Waals surface area contributed by atoms with Gasteiger partial charge in [-0.1, -0.05) is 149 Å². The van der Waals surface area contributed by atoms with Gasteiger partial charge in [0.1, 0.15) is 0 Å². The summed E-state index contributed by atoms with van der Waals surface area (Å²) in [4.78, 5) is 2.51. The van der Waals surface area contributed by atoms with Crippen LogP contribution in [-0.4, -0.2) is 0 Å². The average Bonchev–Trinajstić information content (AvgIpc) is 3.79. The van der Waals surface area contributed by atoms with Crippen molar-refractivity contribution in [2.24, 2.45) is 47.3 Å². The Labute approximate surface area is 388 Å². The number of anilines is 3. The molecule has 0 saturated heterocycles. The Morgan fingerprint density at radius 1 is 0.338 bits per heavy atom. The van der Waals surface area contributed by atoms with Crippen molar-refractivity contribution in [3.63, 3.8) is 0 Å². The zero-order valence-corrected chi connectivity index (χ0v) is 38.8. The third-order valence-electron chi connectivity index (χ3n) is 18.5. The van der Waals surface area contributed by atoms with Crippen molar-refractivity contribution in [2.75, 3.05) is 4.90 Å². The van der Waals surface area contributed by atoms with Gasteiger partial charge < -0.3 is 4.90 Å². The van der Waals surface area contributed by atoms with Crippen LogP contribution >= 0.6 is 0 Å². The van der Waals surface area contributed by atoms with E-state index in [1.165, 1.54) is 113 Å². The Kier molecular flexibility index (Phi) is 9.12. The van der Waals surface area contributed by atoms with E-state index in [2.05, 4.69) is 196 Å². The Morgan fingerprint density at radius 2 is 0.785 bits per heavy atom. The molecule has 4 fully saturated rings. The SMILES string of the molecule is CC1CC2CC(C)C3(c4ccccc4-c4cc(N(c5ccc(-c6ccccc6)cc5)c5ccc(-c6ccc7c(c6)C6(c8ccccc8-7)C(C)CC7CC(C)CC6C7)cc5)ccc43)C(C1)C2. The molecule has 324 valence electrons. The molecular formula is C64H63N. The first-order chi connectivity index (χ1) is 31.8. The summed E-state index contributed by atoms with van der Waals surface area (Å²) >= 11 is 0. The van der Waals surface area contributed by atoms with Gasteiger partial charge in [-0.05, 0) is 208 Å². The minimum Gasteiger partial charge on any atom is -0.310 e. The number of benzene rings is 7. The zero-order valence-electron chi connectivity index (χ0n) is 38.8. The number of nitrogens with zero attached hydrogens (tertiary/aromatic N) is 1. The van der Waals surface area contributed by atoms with Gasteiger partial charge in [0.25, 0.3) is 0 Å². The molecule has 10 unspecified atom stereocenters. The summed E-state index contributed by atoms with van der Waals surface area (Å²) in [6.07, 6.45) is 10.9. The van der Waals surface area contributed by atoms with E-state index in [0.717, 1.165) is 23.7 Å². The molecule has 0 aliphatic heterocycles. The van der Waals surface area contributed by atoms with Gasteiger partial charge in [-0.2, -0.15) is 0 Å². The Bertz CT molecular complexity index is 2930. The quantitative estimate of drug-likeness (QED) is 0.167. The summed E-state index contributed by atoms with van der Waals surface area (Å²) in [6, 6.07) is 63.6. The second kappa shape index (κ2) is 14.9. The molecule has 65 heavy (non-hydrogen) atoms. The van der Waals surface area contributed by atoms with Crippen LogP contribution < -0.4 is 4.90 Å². The normalized spacial score (nSPS) is 30.1. The molecule has 10 atom stereocenters. The predicted octanol–water partition coefficient (Wildman–Crippen LogP) is 17.2. The molecule has 0 amide bonds. The third-order valence-corrected chi connectivity index (χ3v) is 18.5. The van der Waals surface area contributed by atoms with Crippen molar-refractivity contribution in [3.05, 3.63) is 186 Å². The molecule has 2 spiro atoms. The maximum Gasteiger partial charge on any atom is 0.0468 e. The van der Waals surface area contributed by atoms with Crippen LogP contribution in [0, 0.1) is 47.3 Å². The van der Waals surface area contributed by atoms with Crippen molar-refractivity contribution in [3.8, 4) is 44.5 Å². The molecule has 1 heteroatoms. The van der Waals surface area contributed by atoms with Crippen LogP contribution in [0.4, 0.5) is 17.1 Å². The van der Waals surface area contributed by atoms with Gasteiger partial charge in [0.15, 0.2) is 0 Å². The molecule has 0 radical (unpaired) electrons. The molecule has 13 rings (SSSR count). The second-order valence-electron chi connectivity index (χ2n) is 22.1. The molecular weight excluding hydrogens is 783 g/mol. The highest BCUT2D eigenvalue weighted by Crippen LogP contribution is 2.66. The number of fused-ring (bicyclic) bond motifs is 16. The summed E-state index contributed by atoms with van der Waals surface area (Å²) in [7, 11) is 0. The fourth-order valence-corrected chi connectivity index (χ4v) is 16.4. The van der Waals surface area contributed by atoms with E-state index >= 15 is 0 Å². The van der Waals surface area contributed by atoms with Gasteiger partial charge in [-0.3, -0.25) is 0 Å². The molecule has 0 N–H and O–H groups in total.